The van der Waals surface area contributed by atoms with Gasteiger partial charge in [0, 0.05) is 4.75 Å². The molecule has 0 unspecified atom stereocenters. The summed E-state index contributed by atoms with van der Waals surface area (Å²) in [5.41, 5.74) is 4.86. The molecule has 0 rings (SSSR count). The van der Waals surface area contributed by atoms with Crippen molar-refractivity contribution in [3.8, 4) is 0 Å². The zero-order chi connectivity index (χ0) is 10.6. The van der Waals surface area contributed by atoms with Gasteiger partial charge >= 0.3 is 12.0 Å². The van der Waals surface area contributed by atoms with Gasteiger partial charge in [0.15, 0.2) is 0 Å². The van der Waals surface area contributed by atoms with Crippen molar-refractivity contribution in [2.24, 2.45) is 5.73 Å². The molecular weight excluding hydrogens is 192 g/mol. The zero-order valence-electron chi connectivity index (χ0n) is 7.83. The van der Waals surface area contributed by atoms with Gasteiger partial charge in [-0.25, -0.2) is 9.59 Å². The number of nitrogens with two attached hydrogens (primary N) is 1. The van der Waals surface area contributed by atoms with Gasteiger partial charge in [-0.15, -0.1) is 0 Å². The van der Waals surface area contributed by atoms with Crippen LogP contribution in [-0.4, -0.2) is 34.2 Å². The number of primary amides is 1. The first kappa shape index (κ1) is 12.1. The van der Waals surface area contributed by atoms with Gasteiger partial charge in [-0.05, 0) is 20.1 Å². The molecule has 76 valence electrons. The standard InChI is InChI=1S/C7H14N2O3S/c1-7(2,13-3)4(5(10)11)9-6(8)12/h4H,1-3H3,(H,10,11)(H3,8,9,12)/t4-/m1/s1. The largest absolute Gasteiger partial charge is 0.480 e. The van der Waals surface area contributed by atoms with E-state index in [0.29, 0.717) is 0 Å². The molecule has 5 nitrogen and oxygen atoms in total. The second-order valence-electron chi connectivity index (χ2n) is 3.09. The highest BCUT2D eigenvalue weighted by Gasteiger charge is 2.35. The first-order valence-electron chi connectivity index (χ1n) is 3.65. The van der Waals surface area contributed by atoms with Gasteiger partial charge < -0.3 is 16.2 Å². The molecule has 13 heavy (non-hydrogen) atoms. The molecule has 0 aliphatic carbocycles. The van der Waals surface area contributed by atoms with Crippen molar-refractivity contribution in [1.82, 2.24) is 5.32 Å². The lowest BCUT2D eigenvalue weighted by Gasteiger charge is -2.29. The van der Waals surface area contributed by atoms with E-state index in [-0.39, 0.29) is 0 Å². The van der Waals surface area contributed by atoms with Gasteiger partial charge in [-0.1, -0.05) is 0 Å². The van der Waals surface area contributed by atoms with Crippen LogP contribution in [0.2, 0.25) is 0 Å². The van der Waals surface area contributed by atoms with Crippen LogP contribution in [-0.2, 0) is 4.79 Å². The third kappa shape index (κ3) is 3.54. The van der Waals surface area contributed by atoms with Crippen LogP contribution < -0.4 is 11.1 Å². The number of thioether (sulfide) groups is 1. The fourth-order valence-electron chi connectivity index (χ4n) is 0.793. The zero-order valence-corrected chi connectivity index (χ0v) is 8.64. The van der Waals surface area contributed by atoms with Crippen LogP contribution in [0.3, 0.4) is 0 Å². The molecule has 0 aromatic carbocycles. The van der Waals surface area contributed by atoms with E-state index in [9.17, 15) is 9.59 Å². The molecule has 1 atom stereocenters. The minimum atomic E-state index is -1.09. The average molecular weight is 206 g/mol. The highest BCUT2D eigenvalue weighted by Crippen LogP contribution is 2.25. The summed E-state index contributed by atoms with van der Waals surface area (Å²) in [5.74, 6) is -1.09. The highest BCUT2D eigenvalue weighted by atomic mass is 32.2. The normalized spacial score (nSPS) is 13.5. The summed E-state index contributed by atoms with van der Waals surface area (Å²) in [4.78, 5) is 21.3. The molecule has 0 radical (unpaired) electrons. The topological polar surface area (TPSA) is 92.4 Å². The Bertz CT molecular complexity index is 218. The number of hydrogen-bond acceptors (Lipinski definition) is 3. The number of urea groups is 1. The van der Waals surface area contributed by atoms with Crippen LogP contribution in [0.25, 0.3) is 0 Å². The summed E-state index contributed by atoms with van der Waals surface area (Å²) in [6.07, 6.45) is 1.78. The molecule has 0 aliphatic heterocycles. The van der Waals surface area contributed by atoms with Crippen molar-refractivity contribution < 1.29 is 14.7 Å². The van der Waals surface area contributed by atoms with Gasteiger partial charge in [-0.2, -0.15) is 11.8 Å². The number of carboxylic acids is 1. The van der Waals surface area contributed by atoms with Crippen LogP contribution in [0.15, 0.2) is 0 Å². The van der Waals surface area contributed by atoms with E-state index in [1.807, 2.05) is 0 Å². The molecule has 0 aliphatic rings. The first-order valence-corrected chi connectivity index (χ1v) is 4.87. The Balaban J connectivity index is 4.60. The third-order valence-electron chi connectivity index (χ3n) is 1.75. The number of carbonyl (C=O) groups is 2. The molecular formula is C7H14N2O3S. The maximum atomic E-state index is 10.8. The van der Waals surface area contributed by atoms with Crippen LogP contribution in [0.5, 0.6) is 0 Å². The molecule has 0 fully saturated rings. The smallest absolute Gasteiger partial charge is 0.327 e. The molecule has 2 amide bonds. The van der Waals surface area contributed by atoms with E-state index in [2.05, 4.69) is 5.32 Å². The summed E-state index contributed by atoms with van der Waals surface area (Å²) >= 11 is 1.35. The Morgan fingerprint density at radius 3 is 2.23 bits per heavy atom. The Morgan fingerprint density at radius 1 is 1.54 bits per heavy atom. The molecule has 0 heterocycles. The van der Waals surface area contributed by atoms with Crippen molar-refractivity contribution in [2.45, 2.75) is 24.6 Å². The number of amides is 2. The number of aliphatic carboxylic acids is 1. The molecule has 4 N–H and O–H groups in total. The van der Waals surface area contributed by atoms with Crippen LogP contribution >= 0.6 is 11.8 Å². The van der Waals surface area contributed by atoms with Crippen molar-refractivity contribution >= 4 is 23.8 Å². The average Bonchev–Trinajstić information content (AvgIpc) is 1.99. The second kappa shape index (κ2) is 4.36. The van der Waals surface area contributed by atoms with Crippen LogP contribution in [0, 0.1) is 0 Å². The van der Waals surface area contributed by atoms with E-state index >= 15 is 0 Å². The predicted molar refractivity (Wildman–Crippen MR) is 51.7 cm³/mol. The fraction of sp³-hybridized carbons (Fsp3) is 0.714. The lowest BCUT2D eigenvalue weighted by atomic mass is 10.0. The highest BCUT2D eigenvalue weighted by molar-refractivity contribution is 8.00. The molecule has 0 bridgehead atoms. The maximum absolute atomic E-state index is 10.8. The summed E-state index contributed by atoms with van der Waals surface area (Å²) in [5, 5.41) is 11.0. The molecule has 6 heteroatoms. The predicted octanol–water partition coefficient (Wildman–Crippen LogP) is 0.249. The number of carbonyl (C=O) groups excluding carboxylic acids is 1. The Kier molecular flexibility index (Phi) is 4.06. The van der Waals surface area contributed by atoms with Crippen molar-refractivity contribution in [1.29, 1.82) is 0 Å². The lowest BCUT2D eigenvalue weighted by molar-refractivity contribution is -0.139. The number of hydrogen-bond donors (Lipinski definition) is 3. The van der Waals surface area contributed by atoms with Crippen LogP contribution in [0.1, 0.15) is 13.8 Å². The van der Waals surface area contributed by atoms with Gasteiger partial charge in [0.25, 0.3) is 0 Å². The first-order chi connectivity index (χ1) is 5.81. The minimum absolute atomic E-state index is 0.582. The molecule has 0 saturated heterocycles. The molecule has 0 saturated carbocycles. The Labute approximate surface area is 81.1 Å². The lowest BCUT2D eigenvalue weighted by Crippen LogP contribution is -2.53. The maximum Gasteiger partial charge on any atom is 0.327 e. The Morgan fingerprint density at radius 2 is 2.00 bits per heavy atom. The monoisotopic (exact) mass is 206 g/mol. The fourth-order valence-corrected chi connectivity index (χ4v) is 1.19. The minimum Gasteiger partial charge on any atom is -0.480 e. The van der Waals surface area contributed by atoms with Gasteiger partial charge in [-0.3, -0.25) is 0 Å². The molecule has 0 aromatic rings. The van der Waals surface area contributed by atoms with Gasteiger partial charge in [0.1, 0.15) is 6.04 Å². The molecule has 0 spiro atoms. The van der Waals surface area contributed by atoms with Crippen molar-refractivity contribution in [2.75, 3.05) is 6.26 Å². The van der Waals surface area contributed by atoms with Gasteiger partial charge in [0.05, 0.1) is 0 Å². The van der Waals surface area contributed by atoms with Gasteiger partial charge in [0.2, 0.25) is 0 Å². The van der Waals surface area contributed by atoms with E-state index in [0.717, 1.165) is 0 Å². The van der Waals surface area contributed by atoms with Crippen molar-refractivity contribution in [3.05, 3.63) is 0 Å². The number of carboxylic acid groups (broad SMARTS) is 1. The Hall–Kier alpha value is -0.910. The SMILES string of the molecule is CSC(C)(C)[C@H](NC(N)=O)C(=O)O. The third-order valence-corrected chi connectivity index (χ3v) is 3.04. The summed E-state index contributed by atoms with van der Waals surface area (Å²) in [6, 6.07) is -1.80. The quantitative estimate of drug-likeness (QED) is 0.614. The summed E-state index contributed by atoms with van der Waals surface area (Å²) in [7, 11) is 0. The van der Waals surface area contributed by atoms with Crippen molar-refractivity contribution in [3.63, 3.8) is 0 Å². The summed E-state index contributed by atoms with van der Waals surface area (Å²) in [6.45, 7) is 3.46. The second-order valence-corrected chi connectivity index (χ2v) is 4.55. The number of rotatable bonds is 4. The van der Waals surface area contributed by atoms with E-state index in [4.69, 9.17) is 10.8 Å². The van der Waals surface area contributed by atoms with E-state index in [1.165, 1.54) is 11.8 Å². The number of nitrogens with one attached hydrogen (secondary N) is 1. The summed E-state index contributed by atoms with van der Waals surface area (Å²) < 4.78 is -0.582. The van der Waals surface area contributed by atoms with Crippen LogP contribution in [0.4, 0.5) is 4.79 Å². The van der Waals surface area contributed by atoms with E-state index in [1.54, 1.807) is 20.1 Å². The van der Waals surface area contributed by atoms with E-state index < -0.39 is 22.8 Å². The molecule has 0 aromatic heterocycles.